The summed E-state index contributed by atoms with van der Waals surface area (Å²) in [6.07, 6.45) is 3.29. The second-order valence-corrected chi connectivity index (χ2v) is 8.43. The van der Waals surface area contributed by atoms with Crippen LogP contribution in [0.4, 0.5) is 0 Å². The first kappa shape index (κ1) is 20.4. The summed E-state index contributed by atoms with van der Waals surface area (Å²) in [5.41, 5.74) is 1.19. The average Bonchev–Trinajstić information content (AvgIpc) is 2.61. The first-order valence-electron chi connectivity index (χ1n) is 8.89. The molecule has 0 saturated carbocycles. The van der Waals surface area contributed by atoms with Crippen LogP contribution in [0.3, 0.4) is 0 Å². The molecule has 1 saturated heterocycles. The molecule has 1 heterocycles. The lowest BCUT2D eigenvalue weighted by Crippen LogP contribution is -2.44. The van der Waals surface area contributed by atoms with Crippen molar-refractivity contribution in [2.45, 2.75) is 25.7 Å². The predicted octanol–water partition coefficient (Wildman–Crippen LogP) is 0.523. The van der Waals surface area contributed by atoms with Crippen molar-refractivity contribution in [3.63, 3.8) is 0 Å². The van der Waals surface area contributed by atoms with E-state index < -0.39 is 10.0 Å². The van der Waals surface area contributed by atoms with E-state index in [4.69, 9.17) is 0 Å². The number of hydrogen-bond acceptors (Lipinski definition) is 4. The average molecular weight is 381 g/mol. The molecule has 1 aromatic carbocycles. The van der Waals surface area contributed by atoms with Crippen LogP contribution in [-0.4, -0.2) is 57.6 Å². The van der Waals surface area contributed by atoms with Crippen LogP contribution in [0.5, 0.6) is 0 Å². The summed E-state index contributed by atoms with van der Waals surface area (Å²) in [6.45, 7) is 1.79. The first-order chi connectivity index (χ1) is 12.3. The number of benzene rings is 1. The Morgan fingerprint density at radius 2 is 1.77 bits per heavy atom. The summed E-state index contributed by atoms with van der Waals surface area (Å²) in [4.78, 5) is 26.0. The number of likely N-dealkylation sites (tertiary alicyclic amines) is 1. The Bertz CT molecular complexity index is 698. The first-order valence-corrected chi connectivity index (χ1v) is 10.8. The second kappa shape index (κ2) is 9.68. The molecule has 0 spiro atoms. The highest BCUT2D eigenvalue weighted by molar-refractivity contribution is 7.88. The van der Waals surface area contributed by atoms with Crippen molar-refractivity contribution in [2.75, 3.05) is 32.4 Å². The minimum absolute atomic E-state index is 0.0479. The Labute approximate surface area is 155 Å². The zero-order valence-electron chi connectivity index (χ0n) is 15.1. The molecule has 26 heavy (non-hydrogen) atoms. The predicted molar refractivity (Wildman–Crippen MR) is 99.9 cm³/mol. The maximum absolute atomic E-state index is 12.3. The summed E-state index contributed by atoms with van der Waals surface area (Å²) in [7, 11) is -3.27. The maximum Gasteiger partial charge on any atom is 0.223 e. The summed E-state index contributed by atoms with van der Waals surface area (Å²) in [5, 5.41) is 2.98. The number of carbonyl (C=O) groups excluding carboxylic acids is 2. The van der Waals surface area contributed by atoms with Crippen molar-refractivity contribution in [1.29, 1.82) is 0 Å². The lowest BCUT2D eigenvalue weighted by molar-refractivity contribution is -0.135. The fraction of sp³-hybridized carbons (Fsp3) is 0.556. The van der Waals surface area contributed by atoms with Gasteiger partial charge in [0.2, 0.25) is 21.8 Å². The highest BCUT2D eigenvalue weighted by atomic mass is 32.2. The maximum atomic E-state index is 12.3. The Morgan fingerprint density at radius 1 is 1.12 bits per heavy atom. The quantitative estimate of drug-likeness (QED) is 0.686. The number of rotatable bonds is 8. The normalized spacial score (nSPS) is 15.7. The zero-order valence-corrected chi connectivity index (χ0v) is 15.9. The molecule has 1 aromatic rings. The van der Waals surface area contributed by atoms with Crippen molar-refractivity contribution in [3.05, 3.63) is 35.9 Å². The molecule has 1 aliphatic heterocycles. The van der Waals surface area contributed by atoms with E-state index in [1.54, 1.807) is 4.90 Å². The van der Waals surface area contributed by atoms with Crippen LogP contribution in [0, 0.1) is 5.92 Å². The number of hydrogen-bond donors (Lipinski definition) is 2. The molecule has 0 atom stereocenters. The molecule has 0 unspecified atom stereocenters. The minimum atomic E-state index is -3.27. The SMILES string of the molecule is CS(=O)(=O)NCCC(=O)N1CCC(C(=O)NCCc2ccccc2)CC1. The van der Waals surface area contributed by atoms with E-state index in [2.05, 4.69) is 10.0 Å². The Kier molecular flexibility index (Phi) is 7.59. The van der Waals surface area contributed by atoms with Gasteiger partial charge in [-0.15, -0.1) is 0 Å². The van der Waals surface area contributed by atoms with Gasteiger partial charge in [-0.25, -0.2) is 13.1 Å². The molecule has 144 valence electrons. The van der Waals surface area contributed by atoms with Crippen molar-refractivity contribution in [3.8, 4) is 0 Å². The molecule has 8 heteroatoms. The molecule has 2 amide bonds. The van der Waals surface area contributed by atoms with Gasteiger partial charge in [0.15, 0.2) is 0 Å². The van der Waals surface area contributed by atoms with Crippen LogP contribution in [0.15, 0.2) is 30.3 Å². The highest BCUT2D eigenvalue weighted by Gasteiger charge is 2.26. The number of nitrogens with one attached hydrogen (secondary N) is 2. The zero-order chi connectivity index (χ0) is 19.0. The molecule has 1 fully saturated rings. The van der Waals surface area contributed by atoms with Gasteiger partial charge < -0.3 is 10.2 Å². The molecule has 2 rings (SSSR count). The van der Waals surface area contributed by atoms with Gasteiger partial charge in [-0.3, -0.25) is 9.59 Å². The third-order valence-corrected chi connectivity index (χ3v) is 5.21. The number of carbonyl (C=O) groups is 2. The van der Waals surface area contributed by atoms with Crippen LogP contribution in [-0.2, 0) is 26.0 Å². The van der Waals surface area contributed by atoms with Crippen molar-refractivity contribution >= 4 is 21.8 Å². The largest absolute Gasteiger partial charge is 0.356 e. The molecule has 0 bridgehead atoms. The molecule has 2 N–H and O–H groups in total. The Morgan fingerprint density at radius 3 is 2.38 bits per heavy atom. The fourth-order valence-corrected chi connectivity index (χ4v) is 3.48. The van der Waals surface area contributed by atoms with Gasteiger partial charge in [0.05, 0.1) is 6.26 Å². The van der Waals surface area contributed by atoms with E-state index in [9.17, 15) is 18.0 Å². The van der Waals surface area contributed by atoms with Crippen LogP contribution >= 0.6 is 0 Å². The van der Waals surface area contributed by atoms with E-state index in [1.165, 1.54) is 5.56 Å². The number of nitrogens with zero attached hydrogens (tertiary/aromatic N) is 1. The Hall–Kier alpha value is -1.93. The molecule has 0 aliphatic carbocycles. The highest BCUT2D eigenvalue weighted by Crippen LogP contribution is 2.18. The van der Waals surface area contributed by atoms with Crippen molar-refractivity contribution in [2.24, 2.45) is 5.92 Å². The van der Waals surface area contributed by atoms with E-state index in [0.29, 0.717) is 32.5 Å². The summed E-state index contributed by atoms with van der Waals surface area (Å²) in [5.74, 6) is -0.0974. The van der Waals surface area contributed by atoms with Crippen LogP contribution in [0.25, 0.3) is 0 Å². The lowest BCUT2D eigenvalue weighted by Gasteiger charge is -2.31. The van der Waals surface area contributed by atoms with Crippen LogP contribution in [0.2, 0.25) is 0 Å². The summed E-state index contributed by atoms with van der Waals surface area (Å²) >= 11 is 0. The van der Waals surface area contributed by atoms with Crippen LogP contribution < -0.4 is 10.0 Å². The fourth-order valence-electron chi connectivity index (χ4n) is 3.01. The molecule has 0 aromatic heterocycles. The third-order valence-electron chi connectivity index (χ3n) is 4.48. The van der Waals surface area contributed by atoms with Gasteiger partial charge in [-0.2, -0.15) is 0 Å². The topological polar surface area (TPSA) is 95.6 Å². The van der Waals surface area contributed by atoms with Crippen molar-refractivity contribution < 1.29 is 18.0 Å². The number of amides is 2. The van der Waals surface area contributed by atoms with Gasteiger partial charge in [-0.05, 0) is 24.8 Å². The molecule has 0 radical (unpaired) electrons. The second-order valence-electron chi connectivity index (χ2n) is 6.60. The lowest BCUT2D eigenvalue weighted by atomic mass is 9.95. The monoisotopic (exact) mass is 381 g/mol. The smallest absolute Gasteiger partial charge is 0.223 e. The van der Waals surface area contributed by atoms with E-state index in [0.717, 1.165) is 12.7 Å². The van der Waals surface area contributed by atoms with Gasteiger partial charge >= 0.3 is 0 Å². The minimum Gasteiger partial charge on any atom is -0.356 e. The number of piperidine rings is 1. The third kappa shape index (κ3) is 7.13. The van der Waals surface area contributed by atoms with Gasteiger partial charge in [0.1, 0.15) is 0 Å². The van der Waals surface area contributed by atoms with E-state index in [1.807, 2.05) is 30.3 Å². The Balaban J connectivity index is 1.65. The molecule has 7 nitrogen and oxygen atoms in total. The molecule has 1 aliphatic rings. The van der Waals surface area contributed by atoms with Gasteiger partial charge in [-0.1, -0.05) is 30.3 Å². The van der Waals surface area contributed by atoms with Crippen molar-refractivity contribution in [1.82, 2.24) is 14.9 Å². The molecular weight excluding hydrogens is 354 g/mol. The van der Waals surface area contributed by atoms with E-state index in [-0.39, 0.29) is 30.7 Å². The van der Waals surface area contributed by atoms with Crippen LogP contribution in [0.1, 0.15) is 24.8 Å². The van der Waals surface area contributed by atoms with E-state index >= 15 is 0 Å². The molecular formula is C18H27N3O4S. The van der Waals surface area contributed by atoms with Gasteiger partial charge in [0.25, 0.3) is 0 Å². The standard InChI is InChI=1S/C18H27N3O4S/c1-26(24,25)20-12-8-17(22)21-13-9-16(10-14-21)18(23)19-11-7-15-5-3-2-4-6-15/h2-6,16,20H,7-14H2,1H3,(H,19,23). The number of sulfonamides is 1. The van der Waals surface area contributed by atoms with Gasteiger partial charge in [0, 0.05) is 38.5 Å². The summed E-state index contributed by atoms with van der Waals surface area (Å²) in [6, 6.07) is 10.0. The summed E-state index contributed by atoms with van der Waals surface area (Å²) < 4.78 is 24.3.